The molecule has 3 heterocycles. The number of amides is 1. The fourth-order valence-corrected chi connectivity index (χ4v) is 3.86. The molecule has 2 aromatic rings. The van der Waals surface area contributed by atoms with Crippen LogP contribution in [0.3, 0.4) is 0 Å². The number of nitrogens with zero attached hydrogens (tertiary/aromatic N) is 4. The van der Waals surface area contributed by atoms with Crippen LogP contribution in [0, 0.1) is 5.92 Å². The third-order valence-corrected chi connectivity index (χ3v) is 5.66. The van der Waals surface area contributed by atoms with E-state index in [1.807, 2.05) is 18.3 Å². The molecule has 154 valence electrons. The fraction of sp³-hybridized carbons (Fsp3) is 0.545. The normalized spacial score (nSPS) is 19.0. The standard InChI is InChI=1S/C22H30N6O/c29-22(24-11-9-17-3-1-10-23-14-17)8-5-18-4-2-12-28(15-18)21-13-20(25-16-26-21)27-19-6-7-19/h1,3,10,13-14,16,18-19H,2,4-9,11-12,15H2,(H,24,29)(H,25,26,27)/t18-/m0/s1. The average molecular weight is 395 g/mol. The largest absolute Gasteiger partial charge is 0.367 e. The first kappa shape index (κ1) is 19.6. The number of nitrogens with one attached hydrogen (secondary N) is 2. The Morgan fingerprint density at radius 3 is 3.00 bits per heavy atom. The maximum Gasteiger partial charge on any atom is 0.220 e. The van der Waals surface area contributed by atoms with Crippen LogP contribution in [-0.4, -0.2) is 46.5 Å². The highest BCUT2D eigenvalue weighted by molar-refractivity contribution is 5.75. The number of aromatic nitrogens is 3. The fourth-order valence-electron chi connectivity index (χ4n) is 3.86. The lowest BCUT2D eigenvalue weighted by Crippen LogP contribution is -2.36. The molecular formula is C22H30N6O. The van der Waals surface area contributed by atoms with E-state index in [1.54, 1.807) is 12.5 Å². The maximum absolute atomic E-state index is 12.2. The lowest BCUT2D eigenvalue weighted by molar-refractivity contribution is -0.121. The highest BCUT2D eigenvalue weighted by Gasteiger charge is 2.24. The minimum atomic E-state index is 0.143. The van der Waals surface area contributed by atoms with Crippen molar-refractivity contribution in [3.05, 3.63) is 42.5 Å². The molecule has 1 aliphatic carbocycles. The average Bonchev–Trinajstić information content (AvgIpc) is 3.57. The van der Waals surface area contributed by atoms with Crippen LogP contribution in [-0.2, 0) is 11.2 Å². The third-order valence-electron chi connectivity index (χ3n) is 5.66. The van der Waals surface area contributed by atoms with Crippen molar-refractivity contribution in [1.29, 1.82) is 0 Å². The van der Waals surface area contributed by atoms with Gasteiger partial charge in [0.1, 0.15) is 18.0 Å². The summed E-state index contributed by atoms with van der Waals surface area (Å²) in [6.45, 7) is 2.65. The summed E-state index contributed by atoms with van der Waals surface area (Å²) < 4.78 is 0. The molecule has 0 bridgehead atoms. The minimum Gasteiger partial charge on any atom is -0.367 e. The molecule has 1 atom stereocenters. The summed E-state index contributed by atoms with van der Waals surface area (Å²) >= 11 is 0. The van der Waals surface area contributed by atoms with Crippen molar-refractivity contribution in [1.82, 2.24) is 20.3 Å². The maximum atomic E-state index is 12.2. The Balaban J connectivity index is 1.20. The summed E-state index contributed by atoms with van der Waals surface area (Å²) in [6, 6.07) is 6.61. The second kappa shape index (κ2) is 9.67. The zero-order chi connectivity index (χ0) is 19.9. The Bertz CT molecular complexity index is 795. The highest BCUT2D eigenvalue weighted by atomic mass is 16.1. The van der Waals surface area contributed by atoms with E-state index in [2.05, 4.69) is 36.6 Å². The number of rotatable bonds is 9. The van der Waals surface area contributed by atoms with Crippen LogP contribution in [0.15, 0.2) is 36.9 Å². The van der Waals surface area contributed by atoms with Crippen molar-refractivity contribution >= 4 is 17.5 Å². The predicted molar refractivity (Wildman–Crippen MR) is 114 cm³/mol. The molecule has 7 heteroatoms. The molecule has 0 aromatic carbocycles. The van der Waals surface area contributed by atoms with Gasteiger partial charge in [-0.05, 0) is 56.1 Å². The van der Waals surface area contributed by atoms with E-state index in [9.17, 15) is 4.79 Å². The van der Waals surface area contributed by atoms with Crippen molar-refractivity contribution < 1.29 is 4.79 Å². The monoisotopic (exact) mass is 394 g/mol. The molecule has 1 saturated carbocycles. The summed E-state index contributed by atoms with van der Waals surface area (Å²) in [5.41, 5.74) is 1.15. The molecule has 2 aromatic heterocycles. The molecule has 0 spiro atoms. The minimum absolute atomic E-state index is 0.143. The van der Waals surface area contributed by atoms with E-state index in [4.69, 9.17) is 0 Å². The van der Waals surface area contributed by atoms with Gasteiger partial charge in [-0.3, -0.25) is 9.78 Å². The van der Waals surface area contributed by atoms with Crippen LogP contribution < -0.4 is 15.5 Å². The zero-order valence-electron chi connectivity index (χ0n) is 16.9. The Morgan fingerprint density at radius 2 is 2.17 bits per heavy atom. The molecule has 1 aliphatic heterocycles. The smallest absolute Gasteiger partial charge is 0.220 e. The van der Waals surface area contributed by atoms with E-state index in [1.165, 1.54) is 19.3 Å². The molecule has 2 N–H and O–H groups in total. The van der Waals surface area contributed by atoms with Gasteiger partial charge < -0.3 is 15.5 Å². The van der Waals surface area contributed by atoms with Crippen LogP contribution in [0.2, 0.25) is 0 Å². The number of carbonyl (C=O) groups excluding carboxylic acids is 1. The first-order valence-corrected chi connectivity index (χ1v) is 10.8. The topological polar surface area (TPSA) is 83.0 Å². The van der Waals surface area contributed by atoms with E-state index in [-0.39, 0.29) is 5.91 Å². The van der Waals surface area contributed by atoms with Gasteiger partial charge in [0, 0.05) is 50.6 Å². The quantitative estimate of drug-likeness (QED) is 0.681. The molecule has 0 unspecified atom stereocenters. The molecule has 1 amide bonds. The number of hydrogen-bond acceptors (Lipinski definition) is 6. The number of hydrogen-bond donors (Lipinski definition) is 2. The number of carbonyl (C=O) groups is 1. The van der Waals surface area contributed by atoms with Gasteiger partial charge in [-0.25, -0.2) is 9.97 Å². The second-order valence-electron chi connectivity index (χ2n) is 8.13. The number of piperidine rings is 1. The first-order chi connectivity index (χ1) is 14.3. The second-order valence-corrected chi connectivity index (χ2v) is 8.13. The van der Waals surface area contributed by atoms with Crippen molar-refractivity contribution in [3.8, 4) is 0 Å². The molecule has 4 rings (SSSR count). The Labute approximate surface area is 172 Å². The number of pyridine rings is 1. The molecule has 1 saturated heterocycles. The summed E-state index contributed by atoms with van der Waals surface area (Å²) in [5, 5.41) is 6.48. The van der Waals surface area contributed by atoms with E-state index in [0.717, 1.165) is 49.6 Å². The van der Waals surface area contributed by atoms with Crippen molar-refractivity contribution in [2.24, 2.45) is 5.92 Å². The molecule has 29 heavy (non-hydrogen) atoms. The van der Waals surface area contributed by atoms with Gasteiger partial charge in [-0.1, -0.05) is 6.07 Å². The van der Waals surface area contributed by atoms with Gasteiger partial charge in [0.15, 0.2) is 0 Å². The number of anilines is 2. The Morgan fingerprint density at radius 1 is 1.24 bits per heavy atom. The van der Waals surface area contributed by atoms with E-state index >= 15 is 0 Å². The molecular weight excluding hydrogens is 364 g/mol. The zero-order valence-corrected chi connectivity index (χ0v) is 16.9. The lowest BCUT2D eigenvalue weighted by Gasteiger charge is -2.33. The molecule has 2 fully saturated rings. The van der Waals surface area contributed by atoms with E-state index < -0.39 is 0 Å². The first-order valence-electron chi connectivity index (χ1n) is 10.8. The van der Waals surface area contributed by atoms with Crippen LogP contribution >= 0.6 is 0 Å². The van der Waals surface area contributed by atoms with Gasteiger partial charge in [-0.2, -0.15) is 0 Å². The highest BCUT2D eigenvalue weighted by Crippen LogP contribution is 2.27. The van der Waals surface area contributed by atoms with Crippen molar-refractivity contribution in [3.63, 3.8) is 0 Å². The summed E-state index contributed by atoms with van der Waals surface area (Å²) in [5.74, 6) is 2.59. The summed E-state index contributed by atoms with van der Waals surface area (Å²) in [7, 11) is 0. The third kappa shape index (κ3) is 6.14. The van der Waals surface area contributed by atoms with Crippen molar-refractivity contribution in [2.75, 3.05) is 29.9 Å². The van der Waals surface area contributed by atoms with Gasteiger partial charge in [0.2, 0.25) is 5.91 Å². The lowest BCUT2D eigenvalue weighted by atomic mass is 9.93. The van der Waals surface area contributed by atoms with Gasteiger partial charge >= 0.3 is 0 Å². The molecule has 7 nitrogen and oxygen atoms in total. The summed E-state index contributed by atoms with van der Waals surface area (Å²) in [4.78, 5) is 27.5. The van der Waals surface area contributed by atoms with Crippen LogP contribution in [0.4, 0.5) is 11.6 Å². The van der Waals surface area contributed by atoms with E-state index in [0.29, 0.717) is 24.9 Å². The molecule has 2 aliphatic rings. The van der Waals surface area contributed by atoms with Crippen LogP contribution in [0.25, 0.3) is 0 Å². The van der Waals surface area contributed by atoms with Gasteiger partial charge in [-0.15, -0.1) is 0 Å². The van der Waals surface area contributed by atoms with Crippen LogP contribution in [0.1, 0.15) is 44.1 Å². The van der Waals surface area contributed by atoms with Gasteiger partial charge in [0.05, 0.1) is 0 Å². The SMILES string of the molecule is O=C(CC[C@@H]1CCCN(c2cc(NC3CC3)ncn2)C1)NCCc1cccnc1. The summed E-state index contributed by atoms with van der Waals surface area (Å²) in [6.07, 6.45) is 12.4. The Kier molecular flexibility index (Phi) is 6.54. The Hall–Kier alpha value is -2.70. The van der Waals surface area contributed by atoms with Gasteiger partial charge in [0.25, 0.3) is 0 Å². The van der Waals surface area contributed by atoms with Crippen molar-refractivity contribution in [2.45, 2.75) is 51.0 Å². The predicted octanol–water partition coefficient (Wildman–Crippen LogP) is 2.80. The van der Waals surface area contributed by atoms with Crippen LogP contribution in [0.5, 0.6) is 0 Å². The molecule has 0 radical (unpaired) electrons.